The first-order valence-corrected chi connectivity index (χ1v) is 6.57. The molecule has 0 aromatic heterocycles. The van der Waals surface area contributed by atoms with Gasteiger partial charge in [0.05, 0.1) is 7.11 Å². The highest BCUT2D eigenvalue weighted by Crippen LogP contribution is 2.29. The summed E-state index contributed by atoms with van der Waals surface area (Å²) in [5.74, 6) is 0.928. The number of ketones is 1. The molecule has 0 heterocycles. The van der Waals surface area contributed by atoms with E-state index in [4.69, 9.17) is 4.74 Å². The Morgan fingerprint density at radius 3 is 2.24 bits per heavy atom. The van der Waals surface area contributed by atoms with Crippen molar-refractivity contribution in [2.75, 3.05) is 7.11 Å². The van der Waals surface area contributed by atoms with Crippen molar-refractivity contribution in [3.05, 3.63) is 29.8 Å². The Morgan fingerprint density at radius 2 is 1.82 bits per heavy atom. The first kappa shape index (κ1) is 14.2. The van der Waals surface area contributed by atoms with E-state index in [0.717, 1.165) is 11.3 Å². The van der Waals surface area contributed by atoms with Gasteiger partial charge in [0.15, 0.2) is 5.78 Å². The number of methoxy groups -OCH3 is 1. The molecule has 0 N–H and O–H groups in total. The Kier molecular flexibility index (Phi) is 4.75. The number of Topliss-reactive ketones (excluding diaryl/α,β-unsaturated/α-hetero) is 1. The van der Waals surface area contributed by atoms with Gasteiger partial charge < -0.3 is 4.74 Å². The molecule has 0 aliphatic heterocycles. The topological polar surface area (TPSA) is 26.3 Å². The quantitative estimate of drug-likeness (QED) is 0.618. The highest BCUT2D eigenvalue weighted by molar-refractivity contribution is 9.09. The van der Waals surface area contributed by atoms with Crippen LogP contribution in [0, 0.1) is 5.41 Å². The van der Waals surface area contributed by atoms with E-state index in [1.807, 2.05) is 24.3 Å². The summed E-state index contributed by atoms with van der Waals surface area (Å²) in [4.78, 5) is 12.2. The second-order valence-electron chi connectivity index (χ2n) is 5.19. The van der Waals surface area contributed by atoms with Gasteiger partial charge in [-0.2, -0.15) is 0 Å². The van der Waals surface area contributed by atoms with Gasteiger partial charge in [-0.25, -0.2) is 0 Å². The van der Waals surface area contributed by atoms with Crippen LogP contribution in [-0.4, -0.2) is 17.7 Å². The molecule has 0 fully saturated rings. The van der Waals surface area contributed by atoms with E-state index >= 15 is 0 Å². The van der Waals surface area contributed by atoms with Crippen LogP contribution in [0.15, 0.2) is 24.3 Å². The monoisotopic (exact) mass is 298 g/mol. The molecule has 0 saturated carbocycles. The summed E-state index contributed by atoms with van der Waals surface area (Å²) in [5, 5.41) is 0. The van der Waals surface area contributed by atoms with E-state index in [0.29, 0.717) is 6.42 Å². The zero-order valence-electron chi connectivity index (χ0n) is 10.8. The van der Waals surface area contributed by atoms with Crippen molar-refractivity contribution in [1.29, 1.82) is 0 Å². The van der Waals surface area contributed by atoms with Crippen LogP contribution in [0.4, 0.5) is 0 Å². The van der Waals surface area contributed by atoms with Crippen molar-refractivity contribution in [3.8, 4) is 5.75 Å². The minimum Gasteiger partial charge on any atom is -0.497 e. The molecule has 3 heteroatoms. The minimum absolute atomic E-state index is 0.0854. The lowest BCUT2D eigenvalue weighted by atomic mass is 9.88. The number of halogens is 1. The van der Waals surface area contributed by atoms with Gasteiger partial charge in [-0.15, -0.1) is 0 Å². The summed E-state index contributed by atoms with van der Waals surface area (Å²) < 4.78 is 5.06. The smallest absolute Gasteiger partial charge is 0.164 e. The minimum atomic E-state index is 0.0854. The first-order valence-electron chi connectivity index (χ1n) is 5.66. The third-order valence-corrected chi connectivity index (χ3v) is 4.41. The van der Waals surface area contributed by atoms with Crippen LogP contribution in [0.5, 0.6) is 5.75 Å². The average Bonchev–Trinajstić information content (AvgIpc) is 2.27. The maximum Gasteiger partial charge on any atom is 0.164 e. The summed E-state index contributed by atoms with van der Waals surface area (Å²) in [6, 6.07) is 7.24. The van der Waals surface area contributed by atoms with Crippen molar-refractivity contribution < 1.29 is 9.53 Å². The van der Waals surface area contributed by atoms with Crippen molar-refractivity contribution in [3.63, 3.8) is 0 Å². The summed E-state index contributed by atoms with van der Waals surface area (Å²) in [6.45, 7) is 6.36. The Hall–Kier alpha value is -0.830. The lowest BCUT2D eigenvalue weighted by molar-refractivity contribution is 0.0970. The third kappa shape index (κ3) is 4.15. The number of alkyl halides is 1. The van der Waals surface area contributed by atoms with Crippen molar-refractivity contribution in [2.45, 2.75) is 32.0 Å². The van der Waals surface area contributed by atoms with Crippen LogP contribution in [0.3, 0.4) is 0 Å². The molecule has 0 bridgehead atoms. The van der Waals surface area contributed by atoms with E-state index in [1.165, 1.54) is 0 Å². The van der Waals surface area contributed by atoms with E-state index in [2.05, 4.69) is 36.7 Å². The second kappa shape index (κ2) is 5.67. The fourth-order valence-electron chi connectivity index (χ4n) is 1.36. The fraction of sp³-hybridized carbons (Fsp3) is 0.500. The van der Waals surface area contributed by atoms with Crippen LogP contribution in [0.1, 0.15) is 37.6 Å². The van der Waals surface area contributed by atoms with E-state index in [1.54, 1.807) is 7.11 Å². The van der Waals surface area contributed by atoms with Crippen molar-refractivity contribution in [1.82, 2.24) is 0 Å². The standard InChI is InChI=1S/C14H19BrO2/c1-14(2,3)13(15)9-12(16)10-5-7-11(17-4)8-6-10/h5-8,13H,9H2,1-4H3. The molecule has 0 amide bonds. The molecule has 0 aliphatic carbocycles. The summed E-state index contributed by atoms with van der Waals surface area (Å²) in [7, 11) is 1.62. The van der Waals surface area contributed by atoms with Crippen LogP contribution >= 0.6 is 15.9 Å². The van der Waals surface area contributed by atoms with Gasteiger partial charge >= 0.3 is 0 Å². The predicted octanol–water partition coefficient (Wildman–Crippen LogP) is 4.08. The molecule has 17 heavy (non-hydrogen) atoms. The van der Waals surface area contributed by atoms with Crippen molar-refractivity contribution in [2.24, 2.45) is 5.41 Å². The zero-order chi connectivity index (χ0) is 13.1. The van der Waals surface area contributed by atoms with Gasteiger partial charge in [0.2, 0.25) is 0 Å². The number of carbonyl (C=O) groups is 1. The van der Waals surface area contributed by atoms with Gasteiger partial charge in [-0.3, -0.25) is 4.79 Å². The molecular weight excluding hydrogens is 280 g/mol. The maximum absolute atomic E-state index is 12.0. The Balaban J connectivity index is 2.70. The highest BCUT2D eigenvalue weighted by atomic mass is 79.9. The Morgan fingerprint density at radius 1 is 1.29 bits per heavy atom. The molecule has 1 rings (SSSR count). The Bertz CT molecular complexity index is 376. The number of rotatable bonds is 4. The number of carbonyl (C=O) groups excluding carboxylic acids is 1. The van der Waals surface area contributed by atoms with Gasteiger partial charge in [-0.1, -0.05) is 36.7 Å². The molecule has 1 aromatic carbocycles. The molecule has 1 atom stereocenters. The maximum atomic E-state index is 12.0. The summed E-state index contributed by atoms with van der Waals surface area (Å²) >= 11 is 3.58. The van der Waals surface area contributed by atoms with Gasteiger partial charge in [0.1, 0.15) is 5.75 Å². The summed E-state index contributed by atoms with van der Waals surface area (Å²) in [6.07, 6.45) is 0.510. The molecule has 1 unspecified atom stereocenters. The number of hydrogen-bond donors (Lipinski definition) is 0. The SMILES string of the molecule is COc1ccc(C(=O)CC(Br)C(C)(C)C)cc1. The Labute approximate surface area is 111 Å². The van der Waals surface area contributed by atoms with Crippen LogP contribution in [-0.2, 0) is 0 Å². The normalized spacial score (nSPS) is 13.2. The van der Waals surface area contributed by atoms with Gasteiger partial charge in [-0.05, 0) is 29.7 Å². The van der Waals surface area contributed by atoms with Crippen LogP contribution in [0.2, 0.25) is 0 Å². The zero-order valence-corrected chi connectivity index (χ0v) is 12.4. The van der Waals surface area contributed by atoms with Gasteiger partial charge in [0, 0.05) is 16.8 Å². The number of hydrogen-bond acceptors (Lipinski definition) is 2. The lowest BCUT2D eigenvalue weighted by Crippen LogP contribution is -2.23. The lowest BCUT2D eigenvalue weighted by Gasteiger charge is -2.24. The predicted molar refractivity (Wildman–Crippen MR) is 74.1 cm³/mol. The summed E-state index contributed by atoms with van der Waals surface area (Å²) in [5.41, 5.74) is 0.821. The van der Waals surface area contributed by atoms with Crippen LogP contribution in [0.25, 0.3) is 0 Å². The largest absolute Gasteiger partial charge is 0.497 e. The molecule has 0 radical (unpaired) electrons. The van der Waals surface area contributed by atoms with E-state index in [9.17, 15) is 4.79 Å². The fourth-order valence-corrected chi connectivity index (χ4v) is 1.66. The number of benzene rings is 1. The van der Waals surface area contributed by atoms with E-state index < -0.39 is 0 Å². The molecular formula is C14H19BrO2. The van der Waals surface area contributed by atoms with E-state index in [-0.39, 0.29) is 16.0 Å². The van der Waals surface area contributed by atoms with Crippen LogP contribution < -0.4 is 4.74 Å². The number of ether oxygens (including phenoxy) is 1. The molecule has 94 valence electrons. The van der Waals surface area contributed by atoms with Gasteiger partial charge in [0.25, 0.3) is 0 Å². The molecule has 0 saturated heterocycles. The first-order chi connectivity index (χ1) is 7.84. The molecule has 0 spiro atoms. The molecule has 1 aromatic rings. The average molecular weight is 299 g/mol. The molecule has 2 nitrogen and oxygen atoms in total. The van der Waals surface area contributed by atoms with Crippen molar-refractivity contribution >= 4 is 21.7 Å². The highest BCUT2D eigenvalue weighted by Gasteiger charge is 2.24. The molecule has 0 aliphatic rings. The second-order valence-corrected chi connectivity index (χ2v) is 6.29. The third-order valence-electron chi connectivity index (χ3n) is 2.72.